The number of carbonyl (C=O) groups is 1. The molecule has 5 heteroatoms. The first kappa shape index (κ1) is 10.4. The fourth-order valence-corrected chi connectivity index (χ4v) is 0.926. The lowest BCUT2D eigenvalue weighted by molar-refractivity contribution is 0.0695. The summed E-state index contributed by atoms with van der Waals surface area (Å²) in [7, 11) is 0. The van der Waals surface area contributed by atoms with Crippen LogP contribution in [0.4, 0.5) is 8.78 Å². The molecule has 0 aliphatic carbocycles. The van der Waals surface area contributed by atoms with E-state index in [1.54, 1.807) is 0 Å². The lowest BCUT2D eigenvalue weighted by Gasteiger charge is -2.04. The second kappa shape index (κ2) is 4.55. The van der Waals surface area contributed by atoms with E-state index in [-0.39, 0.29) is 17.9 Å². The summed E-state index contributed by atoms with van der Waals surface area (Å²) < 4.78 is 29.2. The molecule has 1 aromatic rings. The van der Waals surface area contributed by atoms with Gasteiger partial charge in [0.1, 0.15) is 24.8 Å². The molecule has 3 nitrogen and oxygen atoms in total. The number of halogens is 2. The van der Waals surface area contributed by atoms with Crippen LogP contribution >= 0.6 is 0 Å². The zero-order valence-electron chi connectivity index (χ0n) is 7.17. The molecule has 0 radical (unpaired) electrons. The third-order valence-electron chi connectivity index (χ3n) is 1.46. The Kier molecular flexibility index (Phi) is 3.39. The van der Waals surface area contributed by atoms with Crippen molar-refractivity contribution < 1.29 is 23.4 Å². The number of rotatable bonds is 4. The molecule has 0 unspecified atom stereocenters. The number of alkyl halides is 1. The van der Waals surface area contributed by atoms with Crippen LogP contribution in [0.25, 0.3) is 0 Å². The lowest BCUT2D eigenvalue weighted by Crippen LogP contribution is -2.02. The average Bonchev–Trinajstić information content (AvgIpc) is 2.14. The van der Waals surface area contributed by atoms with Crippen molar-refractivity contribution in [1.82, 2.24) is 0 Å². The Balaban J connectivity index is 2.89. The van der Waals surface area contributed by atoms with E-state index >= 15 is 0 Å². The quantitative estimate of drug-likeness (QED) is 0.810. The highest BCUT2D eigenvalue weighted by Crippen LogP contribution is 2.16. The number of benzene rings is 1. The summed E-state index contributed by atoms with van der Waals surface area (Å²) in [5.41, 5.74) is -0.223. The lowest BCUT2D eigenvalue weighted by atomic mass is 10.2. The molecule has 0 saturated carbocycles. The van der Waals surface area contributed by atoms with Gasteiger partial charge in [0.05, 0.1) is 5.56 Å². The van der Waals surface area contributed by atoms with Gasteiger partial charge in [-0.25, -0.2) is 13.6 Å². The van der Waals surface area contributed by atoms with E-state index in [0.29, 0.717) is 0 Å². The maximum atomic E-state index is 12.8. The molecule has 0 aliphatic rings. The van der Waals surface area contributed by atoms with Crippen molar-refractivity contribution in [3.05, 3.63) is 29.6 Å². The summed E-state index contributed by atoms with van der Waals surface area (Å²) >= 11 is 0. The first-order chi connectivity index (χ1) is 6.63. The van der Waals surface area contributed by atoms with Crippen molar-refractivity contribution in [2.75, 3.05) is 13.3 Å². The SMILES string of the molecule is O=C(O)c1cc(F)cc(OCCF)c1. The molecular formula is C9H8F2O3. The van der Waals surface area contributed by atoms with E-state index < -0.39 is 18.5 Å². The first-order valence-corrected chi connectivity index (χ1v) is 3.86. The molecule has 1 rings (SSSR count). The van der Waals surface area contributed by atoms with Crippen molar-refractivity contribution in [2.45, 2.75) is 0 Å². The Bertz CT molecular complexity index is 339. The van der Waals surface area contributed by atoms with Crippen molar-refractivity contribution in [3.8, 4) is 5.75 Å². The molecule has 0 aromatic heterocycles. The molecule has 0 heterocycles. The van der Waals surface area contributed by atoms with E-state index in [1.807, 2.05) is 0 Å². The minimum atomic E-state index is -1.26. The van der Waals surface area contributed by atoms with Gasteiger partial charge in [-0.1, -0.05) is 0 Å². The Morgan fingerprint density at radius 2 is 2.14 bits per heavy atom. The molecule has 1 N–H and O–H groups in total. The predicted molar refractivity (Wildman–Crippen MR) is 44.8 cm³/mol. The summed E-state index contributed by atoms with van der Waals surface area (Å²) in [6.45, 7) is -0.929. The van der Waals surface area contributed by atoms with Crippen molar-refractivity contribution in [1.29, 1.82) is 0 Å². The molecule has 1 aromatic carbocycles. The highest BCUT2D eigenvalue weighted by Gasteiger charge is 2.07. The summed E-state index contributed by atoms with van der Waals surface area (Å²) in [6.07, 6.45) is 0. The van der Waals surface area contributed by atoms with E-state index in [0.717, 1.165) is 18.2 Å². The monoisotopic (exact) mass is 202 g/mol. The van der Waals surface area contributed by atoms with E-state index in [1.165, 1.54) is 0 Å². The van der Waals surface area contributed by atoms with Crippen LogP contribution in [0.15, 0.2) is 18.2 Å². The average molecular weight is 202 g/mol. The number of hydrogen-bond donors (Lipinski definition) is 1. The number of carboxylic acids is 1. The van der Waals surface area contributed by atoms with Crippen LogP contribution < -0.4 is 4.74 Å². The van der Waals surface area contributed by atoms with Crippen LogP contribution in [0.2, 0.25) is 0 Å². The van der Waals surface area contributed by atoms with Crippen LogP contribution in [0, 0.1) is 5.82 Å². The number of aromatic carboxylic acids is 1. The fourth-order valence-electron chi connectivity index (χ4n) is 0.926. The normalized spacial score (nSPS) is 9.86. The first-order valence-electron chi connectivity index (χ1n) is 3.86. The molecule has 0 saturated heterocycles. The minimum absolute atomic E-state index is 0.0139. The Morgan fingerprint density at radius 3 is 2.71 bits per heavy atom. The predicted octanol–water partition coefficient (Wildman–Crippen LogP) is 1.87. The minimum Gasteiger partial charge on any atom is -0.491 e. The second-order valence-corrected chi connectivity index (χ2v) is 2.52. The number of hydrogen-bond acceptors (Lipinski definition) is 2. The molecular weight excluding hydrogens is 194 g/mol. The topological polar surface area (TPSA) is 46.5 Å². The smallest absolute Gasteiger partial charge is 0.335 e. The molecule has 0 bridgehead atoms. The van der Waals surface area contributed by atoms with Gasteiger partial charge in [-0.15, -0.1) is 0 Å². The Morgan fingerprint density at radius 1 is 1.43 bits per heavy atom. The second-order valence-electron chi connectivity index (χ2n) is 2.52. The Hall–Kier alpha value is -1.65. The third-order valence-corrected chi connectivity index (χ3v) is 1.46. The summed E-state index contributed by atoms with van der Waals surface area (Å²) in [5.74, 6) is -1.96. The molecule has 0 spiro atoms. The Labute approximate surface area is 78.9 Å². The fraction of sp³-hybridized carbons (Fsp3) is 0.222. The number of ether oxygens (including phenoxy) is 1. The van der Waals surface area contributed by atoms with E-state index in [2.05, 4.69) is 0 Å². The van der Waals surface area contributed by atoms with Crippen molar-refractivity contribution in [3.63, 3.8) is 0 Å². The van der Waals surface area contributed by atoms with Crippen LogP contribution in [0.1, 0.15) is 10.4 Å². The van der Waals surface area contributed by atoms with Crippen LogP contribution in [-0.2, 0) is 0 Å². The van der Waals surface area contributed by atoms with Crippen molar-refractivity contribution >= 4 is 5.97 Å². The van der Waals surface area contributed by atoms with Crippen LogP contribution in [0.3, 0.4) is 0 Å². The molecule has 0 amide bonds. The maximum Gasteiger partial charge on any atom is 0.335 e. The van der Waals surface area contributed by atoms with Crippen molar-refractivity contribution in [2.24, 2.45) is 0 Å². The van der Waals surface area contributed by atoms with Gasteiger partial charge in [0, 0.05) is 6.07 Å². The highest BCUT2D eigenvalue weighted by atomic mass is 19.1. The summed E-state index contributed by atoms with van der Waals surface area (Å²) in [5, 5.41) is 8.56. The zero-order chi connectivity index (χ0) is 10.6. The van der Waals surface area contributed by atoms with Gasteiger partial charge >= 0.3 is 5.97 Å². The molecule has 14 heavy (non-hydrogen) atoms. The molecule has 0 fully saturated rings. The number of carboxylic acid groups (broad SMARTS) is 1. The van der Waals surface area contributed by atoms with Crippen LogP contribution in [-0.4, -0.2) is 24.4 Å². The maximum absolute atomic E-state index is 12.8. The molecule has 76 valence electrons. The van der Waals surface area contributed by atoms with Crippen LogP contribution in [0.5, 0.6) is 5.75 Å². The van der Waals surface area contributed by atoms with Gasteiger partial charge in [-0.2, -0.15) is 0 Å². The van der Waals surface area contributed by atoms with Gasteiger partial charge in [-0.05, 0) is 12.1 Å². The summed E-state index contributed by atoms with van der Waals surface area (Å²) in [4.78, 5) is 10.5. The third kappa shape index (κ3) is 2.69. The molecule has 0 atom stereocenters. The van der Waals surface area contributed by atoms with Gasteiger partial charge < -0.3 is 9.84 Å². The van der Waals surface area contributed by atoms with Gasteiger partial charge in [0.2, 0.25) is 0 Å². The van der Waals surface area contributed by atoms with Gasteiger partial charge in [-0.3, -0.25) is 0 Å². The summed E-state index contributed by atoms with van der Waals surface area (Å²) in [6, 6.07) is 3.01. The largest absolute Gasteiger partial charge is 0.491 e. The highest BCUT2D eigenvalue weighted by molar-refractivity contribution is 5.88. The van der Waals surface area contributed by atoms with E-state index in [9.17, 15) is 13.6 Å². The van der Waals surface area contributed by atoms with Gasteiger partial charge in [0.15, 0.2) is 0 Å². The standard InChI is InChI=1S/C9H8F2O3/c10-1-2-14-8-4-6(9(12)13)3-7(11)5-8/h3-5H,1-2H2,(H,12,13). The molecule has 0 aliphatic heterocycles. The van der Waals surface area contributed by atoms with Gasteiger partial charge in [0.25, 0.3) is 0 Å². The zero-order valence-corrected chi connectivity index (χ0v) is 7.17. The van der Waals surface area contributed by atoms with E-state index in [4.69, 9.17) is 9.84 Å².